The lowest BCUT2D eigenvalue weighted by molar-refractivity contribution is 0.0674. The molecule has 2 aromatic carbocycles. The number of halogens is 2. The van der Waals surface area contributed by atoms with E-state index in [-0.39, 0.29) is 11.8 Å². The Bertz CT molecular complexity index is 1240. The van der Waals surface area contributed by atoms with Crippen LogP contribution in [0.4, 0.5) is 23.1 Å². The van der Waals surface area contributed by atoms with Gasteiger partial charge in [0.2, 0.25) is 5.95 Å². The molecule has 1 fully saturated rings. The van der Waals surface area contributed by atoms with Crippen molar-refractivity contribution in [2.24, 2.45) is 0 Å². The molecule has 164 valence electrons. The molecule has 0 radical (unpaired) electrons. The first-order valence-electron chi connectivity index (χ1n) is 10.2. The fourth-order valence-electron chi connectivity index (χ4n) is 3.67. The summed E-state index contributed by atoms with van der Waals surface area (Å²) >= 11 is 12.7. The molecule has 2 aromatic heterocycles. The lowest BCUT2D eigenvalue weighted by Gasteiger charge is -2.22. The van der Waals surface area contributed by atoms with Gasteiger partial charge in [-0.1, -0.05) is 29.3 Å². The van der Waals surface area contributed by atoms with E-state index < -0.39 is 0 Å². The van der Waals surface area contributed by atoms with E-state index in [1.165, 1.54) is 0 Å². The van der Waals surface area contributed by atoms with E-state index in [1.54, 1.807) is 48.7 Å². The van der Waals surface area contributed by atoms with Crippen molar-refractivity contribution in [3.05, 3.63) is 58.7 Å². The molecule has 1 aliphatic rings. The lowest BCUT2D eigenvalue weighted by Crippen LogP contribution is -2.21. The zero-order chi connectivity index (χ0) is 22.1. The summed E-state index contributed by atoms with van der Waals surface area (Å²) in [6.07, 6.45) is 3.41. The Morgan fingerprint density at radius 3 is 2.44 bits per heavy atom. The predicted molar refractivity (Wildman–Crippen MR) is 126 cm³/mol. The Kier molecular flexibility index (Phi) is 5.73. The molecule has 0 aliphatic carbocycles. The number of phenolic OH excluding ortho intramolecular Hbond substituents is 1. The summed E-state index contributed by atoms with van der Waals surface area (Å²) in [7, 11) is 0. The summed E-state index contributed by atoms with van der Waals surface area (Å²) in [5, 5.41) is 22.5. The van der Waals surface area contributed by atoms with Gasteiger partial charge in [-0.15, -0.1) is 0 Å². The SMILES string of the molecule is Oc1ccc(Nc2ncc3c(Nc4c(Cl)cccc4Cl)nn(C4CCOCC4)c3n2)cc1. The van der Waals surface area contributed by atoms with E-state index in [9.17, 15) is 5.11 Å². The molecule has 3 N–H and O–H groups in total. The van der Waals surface area contributed by atoms with E-state index >= 15 is 0 Å². The van der Waals surface area contributed by atoms with Gasteiger partial charge in [0.05, 0.1) is 27.2 Å². The van der Waals surface area contributed by atoms with Crippen molar-refractivity contribution in [1.82, 2.24) is 19.7 Å². The lowest BCUT2D eigenvalue weighted by atomic mass is 10.1. The molecule has 0 spiro atoms. The van der Waals surface area contributed by atoms with Crippen LogP contribution < -0.4 is 10.6 Å². The average molecular weight is 471 g/mol. The van der Waals surface area contributed by atoms with Crippen LogP contribution in [0, 0.1) is 0 Å². The van der Waals surface area contributed by atoms with Gasteiger partial charge in [0.15, 0.2) is 11.5 Å². The van der Waals surface area contributed by atoms with Crippen LogP contribution in [0.2, 0.25) is 10.0 Å². The maximum atomic E-state index is 9.50. The molecule has 0 bridgehead atoms. The number of anilines is 4. The zero-order valence-corrected chi connectivity index (χ0v) is 18.4. The Labute approximate surface area is 194 Å². The van der Waals surface area contributed by atoms with Gasteiger partial charge in [0, 0.05) is 25.1 Å². The molecular weight excluding hydrogens is 451 g/mol. The standard InChI is InChI=1S/C22H20Cl2N6O2/c23-17-2-1-3-18(24)19(17)27-20-16-12-25-22(26-13-4-6-15(31)7-5-13)28-21(16)30(29-20)14-8-10-32-11-9-14/h1-7,12,14,31H,8-11H2,(H,27,29)(H,25,26,28). The normalized spacial score (nSPS) is 14.6. The van der Waals surface area contributed by atoms with Gasteiger partial charge >= 0.3 is 0 Å². The third-order valence-corrected chi connectivity index (χ3v) is 5.94. The quantitative estimate of drug-likeness (QED) is 0.323. The molecule has 0 amide bonds. The number of hydrogen-bond donors (Lipinski definition) is 3. The molecule has 8 nitrogen and oxygen atoms in total. The number of ether oxygens (including phenoxy) is 1. The number of fused-ring (bicyclic) bond motifs is 1. The van der Waals surface area contributed by atoms with Crippen LogP contribution in [-0.4, -0.2) is 38.1 Å². The summed E-state index contributed by atoms with van der Waals surface area (Å²) < 4.78 is 7.45. The molecule has 32 heavy (non-hydrogen) atoms. The molecule has 0 atom stereocenters. The minimum atomic E-state index is 0.153. The summed E-state index contributed by atoms with van der Waals surface area (Å²) in [5.74, 6) is 1.20. The van der Waals surface area contributed by atoms with Crippen molar-refractivity contribution in [1.29, 1.82) is 0 Å². The van der Waals surface area contributed by atoms with Crippen LogP contribution in [-0.2, 0) is 4.74 Å². The number of benzene rings is 2. The summed E-state index contributed by atoms with van der Waals surface area (Å²) in [5.41, 5.74) is 2.04. The second-order valence-corrected chi connectivity index (χ2v) is 8.28. The molecule has 0 unspecified atom stereocenters. The van der Waals surface area contributed by atoms with Gasteiger partial charge in [-0.2, -0.15) is 10.1 Å². The zero-order valence-electron chi connectivity index (χ0n) is 16.9. The first-order valence-corrected chi connectivity index (χ1v) is 10.9. The highest BCUT2D eigenvalue weighted by Crippen LogP contribution is 2.36. The largest absolute Gasteiger partial charge is 0.508 e. The maximum absolute atomic E-state index is 9.50. The second-order valence-electron chi connectivity index (χ2n) is 7.46. The van der Waals surface area contributed by atoms with E-state index in [0.717, 1.165) is 23.9 Å². The number of aromatic hydroxyl groups is 1. The molecule has 0 saturated carbocycles. The summed E-state index contributed by atoms with van der Waals surface area (Å²) in [6, 6.07) is 12.2. The number of aromatic nitrogens is 4. The highest BCUT2D eigenvalue weighted by Gasteiger charge is 2.23. The Hall–Kier alpha value is -3.07. The average Bonchev–Trinajstić information content (AvgIpc) is 3.16. The van der Waals surface area contributed by atoms with E-state index in [0.29, 0.717) is 46.4 Å². The smallest absolute Gasteiger partial charge is 0.229 e. The second kappa shape index (κ2) is 8.82. The van der Waals surface area contributed by atoms with Gasteiger partial charge in [-0.05, 0) is 49.2 Å². The number of nitrogens with zero attached hydrogens (tertiary/aromatic N) is 4. The first kappa shape index (κ1) is 20.8. The first-order chi connectivity index (χ1) is 15.6. The van der Waals surface area contributed by atoms with E-state index in [4.69, 9.17) is 38.0 Å². The van der Waals surface area contributed by atoms with Crippen molar-refractivity contribution in [2.45, 2.75) is 18.9 Å². The van der Waals surface area contributed by atoms with E-state index in [2.05, 4.69) is 15.6 Å². The number of phenols is 1. The highest BCUT2D eigenvalue weighted by molar-refractivity contribution is 6.39. The summed E-state index contributed by atoms with van der Waals surface area (Å²) in [4.78, 5) is 9.21. The van der Waals surface area contributed by atoms with Crippen molar-refractivity contribution < 1.29 is 9.84 Å². The predicted octanol–water partition coefficient (Wildman–Crippen LogP) is 5.68. The Morgan fingerprint density at radius 2 is 1.72 bits per heavy atom. The minimum Gasteiger partial charge on any atom is -0.508 e. The van der Waals surface area contributed by atoms with Crippen molar-refractivity contribution in [2.75, 3.05) is 23.8 Å². The Morgan fingerprint density at radius 1 is 1.00 bits per heavy atom. The number of hydrogen-bond acceptors (Lipinski definition) is 7. The Balaban J connectivity index is 1.56. The van der Waals surface area contributed by atoms with Gasteiger partial charge in [-0.25, -0.2) is 9.67 Å². The number of para-hydroxylation sites is 1. The van der Waals surface area contributed by atoms with E-state index in [1.807, 2.05) is 4.68 Å². The van der Waals surface area contributed by atoms with Crippen molar-refractivity contribution >= 4 is 57.4 Å². The topological polar surface area (TPSA) is 97.1 Å². The van der Waals surface area contributed by atoms with Crippen molar-refractivity contribution in [3.63, 3.8) is 0 Å². The van der Waals surface area contributed by atoms with Crippen LogP contribution in [0.25, 0.3) is 11.0 Å². The third-order valence-electron chi connectivity index (χ3n) is 5.31. The van der Waals surface area contributed by atoms with Crippen LogP contribution in [0.1, 0.15) is 18.9 Å². The van der Waals surface area contributed by atoms with Crippen LogP contribution in [0.15, 0.2) is 48.7 Å². The van der Waals surface area contributed by atoms with Gasteiger partial charge in [-0.3, -0.25) is 0 Å². The fourth-order valence-corrected chi connectivity index (χ4v) is 4.16. The van der Waals surface area contributed by atoms with Crippen LogP contribution >= 0.6 is 23.2 Å². The van der Waals surface area contributed by atoms with Gasteiger partial charge in [0.25, 0.3) is 0 Å². The van der Waals surface area contributed by atoms with Crippen molar-refractivity contribution in [3.8, 4) is 5.75 Å². The molecule has 10 heteroatoms. The molecule has 1 aliphatic heterocycles. The molecule has 3 heterocycles. The molecule has 1 saturated heterocycles. The molecular formula is C22H20Cl2N6O2. The third kappa shape index (κ3) is 4.17. The summed E-state index contributed by atoms with van der Waals surface area (Å²) in [6.45, 7) is 1.35. The van der Waals surface area contributed by atoms with Gasteiger partial charge in [0.1, 0.15) is 5.75 Å². The van der Waals surface area contributed by atoms with Crippen LogP contribution in [0.3, 0.4) is 0 Å². The highest BCUT2D eigenvalue weighted by atomic mass is 35.5. The monoisotopic (exact) mass is 470 g/mol. The number of nitrogens with one attached hydrogen (secondary N) is 2. The molecule has 4 aromatic rings. The van der Waals surface area contributed by atoms with Crippen LogP contribution in [0.5, 0.6) is 5.75 Å². The minimum absolute atomic E-state index is 0.153. The maximum Gasteiger partial charge on any atom is 0.229 e. The number of rotatable bonds is 5. The van der Waals surface area contributed by atoms with Gasteiger partial charge < -0.3 is 20.5 Å². The fraction of sp³-hybridized carbons (Fsp3) is 0.227. The molecule has 5 rings (SSSR count).